The zero-order valence-corrected chi connectivity index (χ0v) is 13.3. The first-order valence-electron chi connectivity index (χ1n) is 7.57. The topological polar surface area (TPSA) is 73.8 Å². The van der Waals surface area contributed by atoms with Crippen molar-refractivity contribution in [3.8, 4) is 5.69 Å². The van der Waals surface area contributed by atoms with E-state index < -0.39 is 22.7 Å². The molecule has 0 bridgehead atoms. The van der Waals surface area contributed by atoms with Crippen LogP contribution in [0.25, 0.3) is 16.6 Å². The minimum atomic E-state index is -4.66. The number of benzene rings is 1. The molecular weight excluding hydrogens is 333 g/mol. The number of hydrogen-bond donors (Lipinski definition) is 1. The summed E-state index contributed by atoms with van der Waals surface area (Å²) in [7, 11) is 0. The van der Waals surface area contributed by atoms with Gasteiger partial charge in [-0.15, -0.1) is 0 Å². The lowest BCUT2D eigenvalue weighted by molar-refractivity contribution is -0.136. The third-order valence-electron chi connectivity index (χ3n) is 3.89. The second kappa shape index (κ2) is 6.29. The van der Waals surface area contributed by atoms with Gasteiger partial charge >= 0.3 is 6.18 Å². The van der Waals surface area contributed by atoms with E-state index in [1.54, 1.807) is 19.2 Å². The Labute approximate surface area is 140 Å². The van der Waals surface area contributed by atoms with E-state index in [-0.39, 0.29) is 18.5 Å². The predicted molar refractivity (Wildman–Crippen MR) is 87.6 cm³/mol. The Morgan fingerprint density at radius 3 is 2.64 bits per heavy atom. The molecule has 2 aromatic heterocycles. The molecule has 0 aliphatic carbocycles. The second-order valence-electron chi connectivity index (χ2n) is 5.57. The summed E-state index contributed by atoms with van der Waals surface area (Å²) < 4.78 is 41.2. The summed E-state index contributed by atoms with van der Waals surface area (Å²) in [5, 5.41) is -0.459. The van der Waals surface area contributed by atoms with Crippen molar-refractivity contribution in [3.05, 3.63) is 64.0 Å². The van der Waals surface area contributed by atoms with Crippen LogP contribution in [-0.2, 0) is 12.6 Å². The number of aromatic nitrogens is 3. The van der Waals surface area contributed by atoms with Crippen LogP contribution < -0.4 is 11.3 Å². The lowest BCUT2D eigenvalue weighted by atomic mass is 10.1. The van der Waals surface area contributed by atoms with Crippen LogP contribution in [0.15, 0.2) is 41.5 Å². The van der Waals surface area contributed by atoms with Crippen molar-refractivity contribution in [1.29, 1.82) is 0 Å². The van der Waals surface area contributed by atoms with E-state index in [2.05, 4.69) is 9.97 Å². The van der Waals surface area contributed by atoms with Crippen molar-refractivity contribution in [1.82, 2.24) is 14.5 Å². The number of hydrogen-bond acceptors (Lipinski definition) is 4. The highest BCUT2D eigenvalue weighted by Crippen LogP contribution is 2.33. The fourth-order valence-electron chi connectivity index (χ4n) is 2.75. The first kappa shape index (κ1) is 17.1. The summed E-state index contributed by atoms with van der Waals surface area (Å²) in [5.74, 6) is 0.301. The van der Waals surface area contributed by atoms with Gasteiger partial charge in [0.15, 0.2) is 0 Å². The third kappa shape index (κ3) is 3.00. The van der Waals surface area contributed by atoms with Crippen molar-refractivity contribution >= 4 is 10.9 Å². The third-order valence-corrected chi connectivity index (χ3v) is 3.89. The molecular formula is C17H15F3N4O. The normalized spacial score (nSPS) is 11.9. The average molecular weight is 348 g/mol. The number of aryl methyl sites for hydroxylation is 1. The molecule has 130 valence electrons. The molecule has 0 saturated carbocycles. The SMILES string of the molecule is Cc1ccncc1-n1c(CCN)nc2cccc(C(F)(F)F)c2c1=O. The maximum Gasteiger partial charge on any atom is 0.417 e. The van der Waals surface area contributed by atoms with Gasteiger partial charge in [0.05, 0.1) is 28.4 Å². The first-order chi connectivity index (χ1) is 11.8. The average Bonchev–Trinajstić information content (AvgIpc) is 2.55. The fourth-order valence-corrected chi connectivity index (χ4v) is 2.75. The van der Waals surface area contributed by atoms with Crippen LogP contribution in [0.1, 0.15) is 17.0 Å². The Morgan fingerprint density at radius 2 is 2.00 bits per heavy atom. The zero-order chi connectivity index (χ0) is 18.2. The molecule has 3 aromatic rings. The van der Waals surface area contributed by atoms with Gasteiger partial charge in [0.1, 0.15) is 5.82 Å². The number of rotatable bonds is 3. The molecule has 2 N–H and O–H groups in total. The first-order valence-corrected chi connectivity index (χ1v) is 7.57. The number of fused-ring (bicyclic) bond motifs is 1. The van der Waals surface area contributed by atoms with Gasteiger partial charge in [-0.1, -0.05) is 6.07 Å². The highest BCUT2D eigenvalue weighted by atomic mass is 19.4. The Balaban J connectivity index is 2.47. The van der Waals surface area contributed by atoms with Crippen molar-refractivity contribution in [2.45, 2.75) is 19.5 Å². The molecule has 1 aromatic carbocycles. The summed E-state index contributed by atoms with van der Waals surface area (Å²) >= 11 is 0. The molecule has 0 amide bonds. The number of halogens is 3. The summed E-state index contributed by atoms with van der Waals surface area (Å²) in [6.07, 6.45) is -1.43. The number of alkyl halides is 3. The van der Waals surface area contributed by atoms with E-state index in [9.17, 15) is 18.0 Å². The fraction of sp³-hybridized carbons (Fsp3) is 0.235. The molecule has 0 fully saturated rings. The summed E-state index contributed by atoms with van der Waals surface area (Å²) in [5.41, 5.74) is 4.89. The lowest BCUT2D eigenvalue weighted by Crippen LogP contribution is -2.28. The predicted octanol–water partition coefficient (Wildman–Crippen LogP) is 2.61. The zero-order valence-electron chi connectivity index (χ0n) is 13.3. The van der Waals surface area contributed by atoms with Crippen molar-refractivity contribution in [3.63, 3.8) is 0 Å². The minimum Gasteiger partial charge on any atom is -0.330 e. The highest BCUT2D eigenvalue weighted by molar-refractivity contribution is 5.82. The summed E-state index contributed by atoms with van der Waals surface area (Å²) in [4.78, 5) is 21.2. The molecule has 2 heterocycles. The monoisotopic (exact) mass is 348 g/mol. The number of nitrogens with zero attached hydrogens (tertiary/aromatic N) is 3. The van der Waals surface area contributed by atoms with Crippen molar-refractivity contribution in [2.75, 3.05) is 6.54 Å². The van der Waals surface area contributed by atoms with E-state index in [4.69, 9.17) is 5.73 Å². The van der Waals surface area contributed by atoms with E-state index in [1.165, 1.54) is 22.9 Å². The minimum absolute atomic E-state index is 0.000989. The van der Waals surface area contributed by atoms with Crippen molar-refractivity contribution < 1.29 is 13.2 Å². The van der Waals surface area contributed by atoms with Gasteiger partial charge in [-0.2, -0.15) is 13.2 Å². The van der Waals surface area contributed by atoms with E-state index in [0.29, 0.717) is 17.1 Å². The van der Waals surface area contributed by atoms with Gasteiger partial charge in [-0.25, -0.2) is 4.98 Å². The van der Waals surface area contributed by atoms with Crippen LogP contribution in [0.5, 0.6) is 0 Å². The smallest absolute Gasteiger partial charge is 0.330 e. The van der Waals surface area contributed by atoms with Crippen LogP contribution in [0.2, 0.25) is 0 Å². The maximum atomic E-state index is 13.4. The van der Waals surface area contributed by atoms with E-state index in [1.807, 2.05) is 0 Å². The van der Waals surface area contributed by atoms with Gasteiger partial charge in [0, 0.05) is 12.6 Å². The van der Waals surface area contributed by atoms with Crippen LogP contribution in [-0.4, -0.2) is 21.1 Å². The van der Waals surface area contributed by atoms with Crippen LogP contribution in [0, 0.1) is 6.92 Å². The molecule has 0 radical (unpaired) electrons. The molecule has 0 unspecified atom stereocenters. The van der Waals surface area contributed by atoms with Crippen LogP contribution in [0.4, 0.5) is 13.2 Å². The van der Waals surface area contributed by atoms with Gasteiger partial charge < -0.3 is 5.73 Å². The Morgan fingerprint density at radius 1 is 1.24 bits per heavy atom. The molecule has 0 saturated heterocycles. The van der Waals surface area contributed by atoms with Gasteiger partial charge in [0.25, 0.3) is 5.56 Å². The highest BCUT2D eigenvalue weighted by Gasteiger charge is 2.34. The Hall–Kier alpha value is -2.74. The Kier molecular flexibility index (Phi) is 4.30. The van der Waals surface area contributed by atoms with E-state index in [0.717, 1.165) is 6.07 Å². The quantitative estimate of drug-likeness (QED) is 0.790. The van der Waals surface area contributed by atoms with E-state index >= 15 is 0 Å². The summed E-state index contributed by atoms with van der Waals surface area (Å²) in [6.45, 7) is 1.95. The largest absolute Gasteiger partial charge is 0.417 e. The lowest BCUT2D eigenvalue weighted by Gasteiger charge is -2.16. The van der Waals surface area contributed by atoms with Crippen LogP contribution in [0.3, 0.4) is 0 Å². The molecule has 0 atom stereocenters. The van der Waals surface area contributed by atoms with Gasteiger partial charge in [-0.3, -0.25) is 14.3 Å². The summed E-state index contributed by atoms with van der Waals surface area (Å²) in [6, 6.07) is 5.19. The van der Waals surface area contributed by atoms with Gasteiger partial charge in [0.2, 0.25) is 0 Å². The van der Waals surface area contributed by atoms with Crippen LogP contribution >= 0.6 is 0 Å². The molecule has 5 nitrogen and oxygen atoms in total. The maximum absolute atomic E-state index is 13.4. The number of nitrogens with two attached hydrogens (primary N) is 1. The van der Waals surface area contributed by atoms with Crippen molar-refractivity contribution in [2.24, 2.45) is 5.73 Å². The standard InChI is InChI=1S/C17H15F3N4O/c1-10-6-8-22-9-13(10)24-14(5-7-21)23-12-4-2-3-11(17(18,19)20)15(12)16(24)25/h2-4,6,8-9H,5,7,21H2,1H3. The molecule has 3 rings (SSSR count). The van der Waals surface area contributed by atoms with Gasteiger partial charge in [-0.05, 0) is 37.2 Å². The molecule has 0 aliphatic rings. The molecule has 0 spiro atoms. The molecule has 25 heavy (non-hydrogen) atoms. The Bertz CT molecular complexity index is 995. The molecule has 0 aliphatic heterocycles. The number of pyridine rings is 1. The second-order valence-corrected chi connectivity index (χ2v) is 5.57. The molecule has 8 heteroatoms.